The van der Waals surface area contributed by atoms with Crippen molar-refractivity contribution in [2.45, 2.75) is 13.1 Å². The lowest BCUT2D eigenvalue weighted by atomic mass is 10.1. The number of morpholine rings is 1. The second-order valence-corrected chi connectivity index (χ2v) is 11.2. The quantitative estimate of drug-likeness (QED) is 0.333. The SMILES string of the molecule is O=C1CN(Cc2cn(CCN3CCOCC3)c3ccccc23)CCOCCOc2ccccc2Oc2ccc(Cl)cc2N1. The predicted molar refractivity (Wildman–Crippen MR) is 167 cm³/mol. The summed E-state index contributed by atoms with van der Waals surface area (Å²) < 4.78 is 25.9. The first-order valence-corrected chi connectivity index (χ1v) is 15.2. The number of ether oxygens (including phenoxy) is 4. The zero-order valence-corrected chi connectivity index (χ0v) is 24.9. The molecule has 0 bridgehead atoms. The number of hydrogen-bond donors (Lipinski definition) is 1. The van der Waals surface area contributed by atoms with E-state index in [9.17, 15) is 4.79 Å². The van der Waals surface area contributed by atoms with Crippen molar-refractivity contribution < 1.29 is 23.7 Å². The van der Waals surface area contributed by atoms with Crippen LogP contribution in [0.25, 0.3) is 10.9 Å². The van der Waals surface area contributed by atoms with E-state index in [0.717, 1.165) is 39.4 Å². The summed E-state index contributed by atoms with van der Waals surface area (Å²) in [4.78, 5) is 18.0. The lowest BCUT2D eigenvalue weighted by Gasteiger charge is -2.26. The van der Waals surface area contributed by atoms with Crippen LogP contribution in [0.1, 0.15) is 5.56 Å². The van der Waals surface area contributed by atoms with Crippen molar-refractivity contribution >= 4 is 34.1 Å². The van der Waals surface area contributed by atoms with Crippen molar-refractivity contribution in [2.24, 2.45) is 0 Å². The van der Waals surface area contributed by atoms with Crippen molar-refractivity contribution in [2.75, 3.05) is 71.1 Å². The third-order valence-corrected chi connectivity index (χ3v) is 7.95. The largest absolute Gasteiger partial charge is 0.487 e. The number of carbonyl (C=O) groups is 1. The van der Waals surface area contributed by atoms with Gasteiger partial charge in [0.1, 0.15) is 6.61 Å². The van der Waals surface area contributed by atoms with E-state index in [1.54, 1.807) is 18.2 Å². The van der Waals surface area contributed by atoms with Gasteiger partial charge in [0.05, 0.1) is 38.7 Å². The number of halogens is 1. The fraction of sp³-hybridized carbons (Fsp3) is 0.364. The maximum atomic E-state index is 13.4. The standard InChI is InChI=1S/C33H37ClN4O5/c34-26-9-10-30-28(21-26)35-33(39)24-37(15-18-41-19-20-42-31-7-3-4-8-32(31)43-30)22-25-23-38(29-6-2-1-5-27(25)29)12-11-36-13-16-40-17-14-36/h1-10,21,23H,11-20,22,24H2,(H,35,39). The molecule has 2 aliphatic heterocycles. The van der Waals surface area contributed by atoms with Crippen molar-refractivity contribution in [3.05, 3.63) is 83.5 Å². The van der Waals surface area contributed by atoms with Crippen LogP contribution < -0.4 is 14.8 Å². The second kappa shape index (κ2) is 14.2. The molecule has 226 valence electrons. The molecular formula is C33H37ClN4O5. The van der Waals surface area contributed by atoms with Crippen LogP contribution >= 0.6 is 11.6 Å². The maximum absolute atomic E-state index is 13.4. The van der Waals surface area contributed by atoms with Crippen LogP contribution in [0.4, 0.5) is 5.69 Å². The van der Waals surface area contributed by atoms with E-state index in [1.807, 2.05) is 24.3 Å². The summed E-state index contributed by atoms with van der Waals surface area (Å²) in [6.07, 6.45) is 2.23. The number of hydrogen-bond acceptors (Lipinski definition) is 7. The lowest BCUT2D eigenvalue weighted by molar-refractivity contribution is -0.117. The fourth-order valence-electron chi connectivity index (χ4n) is 5.52. The Balaban J connectivity index is 1.22. The van der Waals surface area contributed by atoms with Gasteiger partial charge in [-0.2, -0.15) is 0 Å². The second-order valence-electron chi connectivity index (χ2n) is 10.7. The van der Waals surface area contributed by atoms with Gasteiger partial charge >= 0.3 is 0 Å². The zero-order valence-electron chi connectivity index (χ0n) is 24.2. The predicted octanol–water partition coefficient (Wildman–Crippen LogP) is 5.27. The van der Waals surface area contributed by atoms with E-state index < -0.39 is 0 Å². The molecule has 0 atom stereocenters. The van der Waals surface area contributed by atoms with Crippen LogP contribution in [0.15, 0.2) is 72.9 Å². The van der Waals surface area contributed by atoms with E-state index in [2.05, 4.69) is 50.1 Å². The number of carbonyl (C=O) groups excluding carboxylic acids is 1. The Labute approximate surface area is 256 Å². The highest BCUT2D eigenvalue weighted by Crippen LogP contribution is 2.36. The summed E-state index contributed by atoms with van der Waals surface area (Å²) in [6, 6.07) is 21.1. The molecule has 0 spiro atoms. The Hall–Kier alpha value is -3.60. The molecule has 4 aromatic rings. The number of para-hydroxylation sites is 3. The number of aromatic nitrogens is 1. The van der Waals surface area contributed by atoms with Gasteiger partial charge in [0.15, 0.2) is 17.2 Å². The highest BCUT2D eigenvalue weighted by molar-refractivity contribution is 6.31. The monoisotopic (exact) mass is 604 g/mol. The Morgan fingerprint density at radius 3 is 2.37 bits per heavy atom. The summed E-state index contributed by atoms with van der Waals surface area (Å²) in [5.74, 6) is 1.46. The first-order valence-electron chi connectivity index (χ1n) is 14.8. The van der Waals surface area contributed by atoms with Crippen molar-refractivity contribution in [3.63, 3.8) is 0 Å². The van der Waals surface area contributed by atoms with Crippen LogP contribution in [0.5, 0.6) is 17.2 Å². The Kier molecular flexibility index (Phi) is 9.76. The summed E-state index contributed by atoms with van der Waals surface area (Å²) in [5, 5.41) is 4.72. The van der Waals surface area contributed by atoms with Gasteiger partial charge < -0.3 is 28.8 Å². The van der Waals surface area contributed by atoms with Crippen LogP contribution in [-0.4, -0.2) is 86.0 Å². The molecule has 0 unspecified atom stereocenters. The van der Waals surface area contributed by atoms with Gasteiger partial charge in [0, 0.05) is 61.4 Å². The van der Waals surface area contributed by atoms with E-state index >= 15 is 0 Å². The molecule has 3 heterocycles. The average Bonchev–Trinajstić information content (AvgIpc) is 3.36. The molecule has 10 heteroatoms. The Morgan fingerprint density at radius 1 is 0.767 bits per heavy atom. The van der Waals surface area contributed by atoms with E-state index in [4.69, 9.17) is 30.5 Å². The van der Waals surface area contributed by atoms with E-state index in [0.29, 0.717) is 60.9 Å². The molecule has 43 heavy (non-hydrogen) atoms. The molecule has 6 rings (SSSR count). The van der Waals surface area contributed by atoms with Crippen molar-refractivity contribution in [1.82, 2.24) is 14.4 Å². The van der Waals surface area contributed by atoms with Crippen LogP contribution in [0.2, 0.25) is 5.02 Å². The maximum Gasteiger partial charge on any atom is 0.238 e. The van der Waals surface area contributed by atoms with Gasteiger partial charge in [0.25, 0.3) is 0 Å². The van der Waals surface area contributed by atoms with Gasteiger partial charge in [-0.3, -0.25) is 14.6 Å². The third-order valence-electron chi connectivity index (χ3n) is 7.71. The molecule has 1 aromatic heterocycles. The van der Waals surface area contributed by atoms with Crippen LogP contribution in [0.3, 0.4) is 0 Å². The number of anilines is 1. The van der Waals surface area contributed by atoms with Gasteiger partial charge in [-0.15, -0.1) is 0 Å². The first-order chi connectivity index (χ1) is 21.1. The molecule has 1 saturated heterocycles. The average molecular weight is 605 g/mol. The number of rotatable bonds is 5. The molecular weight excluding hydrogens is 568 g/mol. The highest BCUT2D eigenvalue weighted by Gasteiger charge is 2.19. The summed E-state index contributed by atoms with van der Waals surface area (Å²) >= 11 is 6.32. The molecule has 0 aliphatic carbocycles. The minimum atomic E-state index is -0.164. The highest BCUT2D eigenvalue weighted by atomic mass is 35.5. The number of amides is 1. The number of fused-ring (bicyclic) bond motifs is 3. The van der Waals surface area contributed by atoms with E-state index in [-0.39, 0.29) is 12.5 Å². The number of benzene rings is 3. The Bertz CT molecular complexity index is 1540. The Morgan fingerprint density at radius 2 is 1.51 bits per heavy atom. The molecule has 1 fully saturated rings. The molecule has 1 amide bonds. The molecule has 2 aliphatic rings. The normalized spacial score (nSPS) is 17.6. The summed E-state index contributed by atoms with van der Waals surface area (Å²) in [6.45, 7) is 7.99. The van der Waals surface area contributed by atoms with E-state index in [1.165, 1.54) is 16.5 Å². The number of nitrogens with one attached hydrogen (secondary N) is 1. The van der Waals surface area contributed by atoms with Gasteiger partial charge in [-0.1, -0.05) is 41.9 Å². The molecule has 0 radical (unpaired) electrons. The minimum absolute atomic E-state index is 0.164. The lowest BCUT2D eigenvalue weighted by Crippen LogP contribution is -2.38. The molecule has 9 nitrogen and oxygen atoms in total. The minimum Gasteiger partial charge on any atom is -0.487 e. The zero-order chi connectivity index (χ0) is 29.4. The smallest absolute Gasteiger partial charge is 0.238 e. The van der Waals surface area contributed by atoms with Gasteiger partial charge in [-0.05, 0) is 42.0 Å². The van der Waals surface area contributed by atoms with Crippen LogP contribution in [-0.2, 0) is 27.4 Å². The van der Waals surface area contributed by atoms with Gasteiger partial charge in [0.2, 0.25) is 5.91 Å². The number of nitrogens with zero attached hydrogens (tertiary/aromatic N) is 3. The molecule has 1 N–H and O–H groups in total. The first kappa shape index (κ1) is 29.5. The topological polar surface area (TPSA) is 77.4 Å². The molecule has 0 saturated carbocycles. The molecule has 3 aromatic carbocycles. The van der Waals surface area contributed by atoms with Crippen LogP contribution in [0, 0.1) is 0 Å². The van der Waals surface area contributed by atoms with Crippen molar-refractivity contribution in [1.29, 1.82) is 0 Å². The summed E-state index contributed by atoms with van der Waals surface area (Å²) in [5.41, 5.74) is 2.87. The summed E-state index contributed by atoms with van der Waals surface area (Å²) in [7, 11) is 0. The fourth-order valence-corrected chi connectivity index (χ4v) is 5.69. The third kappa shape index (κ3) is 7.68. The van der Waals surface area contributed by atoms with Crippen molar-refractivity contribution in [3.8, 4) is 17.2 Å². The van der Waals surface area contributed by atoms with Gasteiger partial charge in [-0.25, -0.2) is 0 Å².